The normalized spacial score (nSPS) is 10.5. The zero-order valence-corrected chi connectivity index (χ0v) is 20.9. The van der Waals surface area contributed by atoms with E-state index in [0.29, 0.717) is 11.0 Å². The minimum atomic E-state index is -0.647. The van der Waals surface area contributed by atoms with Crippen molar-refractivity contribution in [3.63, 3.8) is 0 Å². The van der Waals surface area contributed by atoms with Gasteiger partial charge >= 0.3 is 11.9 Å². The molecule has 1 aromatic heterocycles. The summed E-state index contributed by atoms with van der Waals surface area (Å²) in [6, 6.07) is 10.2. The van der Waals surface area contributed by atoms with E-state index in [9.17, 15) is 14.4 Å². The number of carbonyl (C=O) groups is 3. The lowest BCUT2D eigenvalue weighted by Gasteiger charge is -2.11. The number of nitrogens with one attached hydrogen (secondary N) is 1. The SMILES string of the molecule is COC(=O)c1ccc(C(=O)OC)c(NC(=O)CSc2nnc(COc3cc(C)ccc3C)n2C)c1. The van der Waals surface area contributed by atoms with Crippen molar-refractivity contribution in [3.8, 4) is 5.75 Å². The second-order valence-corrected chi connectivity index (χ2v) is 8.54. The van der Waals surface area contributed by atoms with Crippen molar-refractivity contribution in [1.29, 1.82) is 0 Å². The number of rotatable bonds is 9. The Morgan fingerprint density at radius 1 is 1.00 bits per heavy atom. The lowest BCUT2D eigenvalue weighted by molar-refractivity contribution is -0.113. The number of carbonyl (C=O) groups excluding carboxylic acids is 3. The number of hydrogen-bond donors (Lipinski definition) is 1. The number of benzene rings is 2. The van der Waals surface area contributed by atoms with Crippen LogP contribution in [0.25, 0.3) is 0 Å². The first kappa shape index (κ1) is 25.8. The molecule has 0 saturated heterocycles. The Kier molecular flexibility index (Phi) is 8.48. The van der Waals surface area contributed by atoms with Gasteiger partial charge in [-0.25, -0.2) is 9.59 Å². The van der Waals surface area contributed by atoms with Crippen molar-refractivity contribution in [1.82, 2.24) is 14.8 Å². The molecule has 0 aliphatic heterocycles. The summed E-state index contributed by atoms with van der Waals surface area (Å²) in [6.07, 6.45) is 0. The molecule has 3 rings (SSSR count). The third kappa shape index (κ3) is 6.38. The third-order valence-corrected chi connectivity index (χ3v) is 6.10. The van der Waals surface area contributed by atoms with Gasteiger partial charge in [-0.2, -0.15) is 0 Å². The molecular formula is C24H26N4O6S. The lowest BCUT2D eigenvalue weighted by atomic mass is 10.1. The molecule has 1 amide bonds. The second-order valence-electron chi connectivity index (χ2n) is 7.60. The molecule has 0 atom stereocenters. The molecule has 0 unspecified atom stereocenters. The Labute approximate surface area is 207 Å². The fourth-order valence-electron chi connectivity index (χ4n) is 3.10. The van der Waals surface area contributed by atoms with Crippen molar-refractivity contribution in [2.24, 2.45) is 7.05 Å². The quantitative estimate of drug-likeness (QED) is 0.350. The van der Waals surface area contributed by atoms with Gasteiger partial charge in [0.1, 0.15) is 12.4 Å². The van der Waals surface area contributed by atoms with Gasteiger partial charge in [0.2, 0.25) is 5.91 Å². The van der Waals surface area contributed by atoms with Crippen LogP contribution in [0.3, 0.4) is 0 Å². The number of hydrogen-bond acceptors (Lipinski definition) is 9. The van der Waals surface area contributed by atoms with Crippen LogP contribution >= 0.6 is 11.8 Å². The zero-order chi connectivity index (χ0) is 25.5. The maximum Gasteiger partial charge on any atom is 0.339 e. The van der Waals surface area contributed by atoms with Crippen LogP contribution in [-0.2, 0) is 27.9 Å². The molecule has 10 nitrogen and oxygen atoms in total. The Morgan fingerprint density at radius 2 is 1.74 bits per heavy atom. The summed E-state index contributed by atoms with van der Waals surface area (Å²) in [5, 5.41) is 11.5. The van der Waals surface area contributed by atoms with Gasteiger partial charge in [0.05, 0.1) is 36.8 Å². The number of anilines is 1. The van der Waals surface area contributed by atoms with Gasteiger partial charge in [0, 0.05) is 7.05 Å². The van der Waals surface area contributed by atoms with Crippen LogP contribution in [0.15, 0.2) is 41.6 Å². The van der Waals surface area contributed by atoms with E-state index >= 15 is 0 Å². The Balaban J connectivity index is 1.65. The van der Waals surface area contributed by atoms with Gasteiger partial charge in [-0.05, 0) is 49.2 Å². The highest BCUT2D eigenvalue weighted by molar-refractivity contribution is 7.99. The predicted molar refractivity (Wildman–Crippen MR) is 130 cm³/mol. The molecule has 0 bridgehead atoms. The van der Waals surface area contributed by atoms with Crippen molar-refractivity contribution in [2.75, 3.05) is 25.3 Å². The van der Waals surface area contributed by atoms with E-state index in [0.717, 1.165) is 16.9 Å². The molecule has 35 heavy (non-hydrogen) atoms. The monoisotopic (exact) mass is 498 g/mol. The molecule has 0 radical (unpaired) electrons. The summed E-state index contributed by atoms with van der Waals surface area (Å²) < 4.78 is 17.1. The third-order valence-electron chi connectivity index (χ3n) is 5.08. The van der Waals surface area contributed by atoms with Gasteiger partial charge in [-0.1, -0.05) is 23.9 Å². The average molecular weight is 499 g/mol. The lowest BCUT2D eigenvalue weighted by Crippen LogP contribution is -2.18. The topological polar surface area (TPSA) is 122 Å². The van der Waals surface area contributed by atoms with Crippen molar-refractivity contribution >= 4 is 35.3 Å². The molecule has 0 aliphatic carbocycles. The number of esters is 2. The summed E-state index contributed by atoms with van der Waals surface area (Å²) in [6.45, 7) is 4.19. The molecular weight excluding hydrogens is 472 g/mol. The second kappa shape index (κ2) is 11.5. The van der Waals surface area contributed by atoms with Gasteiger partial charge < -0.3 is 24.1 Å². The first-order valence-electron chi connectivity index (χ1n) is 10.5. The van der Waals surface area contributed by atoms with Crippen LogP contribution in [0.5, 0.6) is 5.75 Å². The fourth-order valence-corrected chi connectivity index (χ4v) is 3.83. The van der Waals surface area contributed by atoms with Gasteiger partial charge in [-0.15, -0.1) is 10.2 Å². The Hall–Kier alpha value is -3.86. The number of aromatic nitrogens is 3. The summed E-state index contributed by atoms with van der Waals surface area (Å²) in [5.74, 6) is -0.275. The highest BCUT2D eigenvalue weighted by atomic mass is 32.2. The van der Waals surface area contributed by atoms with E-state index in [-0.39, 0.29) is 29.2 Å². The van der Waals surface area contributed by atoms with Crippen LogP contribution in [0.1, 0.15) is 37.7 Å². The van der Waals surface area contributed by atoms with E-state index in [2.05, 4.69) is 15.5 Å². The highest BCUT2D eigenvalue weighted by Crippen LogP contribution is 2.23. The summed E-state index contributed by atoms with van der Waals surface area (Å²) in [5.41, 5.74) is 2.56. The zero-order valence-electron chi connectivity index (χ0n) is 20.1. The van der Waals surface area contributed by atoms with Crippen LogP contribution in [0, 0.1) is 13.8 Å². The molecule has 0 saturated carbocycles. The molecule has 0 fully saturated rings. The smallest absolute Gasteiger partial charge is 0.339 e. The van der Waals surface area contributed by atoms with Crippen LogP contribution in [-0.4, -0.2) is 52.6 Å². The number of methoxy groups -OCH3 is 2. The molecule has 3 aromatic rings. The maximum atomic E-state index is 12.6. The van der Waals surface area contributed by atoms with Gasteiger partial charge in [0.25, 0.3) is 0 Å². The number of aryl methyl sites for hydroxylation is 2. The number of thioether (sulfide) groups is 1. The van der Waals surface area contributed by atoms with Crippen LogP contribution < -0.4 is 10.1 Å². The van der Waals surface area contributed by atoms with Crippen molar-refractivity contribution in [2.45, 2.75) is 25.6 Å². The van der Waals surface area contributed by atoms with E-state index in [1.165, 1.54) is 44.2 Å². The molecule has 0 spiro atoms. The molecule has 0 aliphatic rings. The van der Waals surface area contributed by atoms with E-state index in [1.54, 1.807) is 11.6 Å². The molecule has 1 heterocycles. The molecule has 184 valence electrons. The Morgan fingerprint density at radius 3 is 2.46 bits per heavy atom. The standard InChI is InChI=1S/C24H26N4O6S/c1-14-6-7-15(2)19(10-14)34-12-20-26-27-24(28(20)3)35-13-21(29)25-18-11-16(22(30)32-4)8-9-17(18)23(31)33-5/h6-11H,12-13H2,1-5H3,(H,25,29). The molecule has 11 heteroatoms. The summed E-state index contributed by atoms with van der Waals surface area (Å²) >= 11 is 1.17. The van der Waals surface area contributed by atoms with Crippen LogP contribution in [0.4, 0.5) is 5.69 Å². The molecule has 2 aromatic carbocycles. The highest BCUT2D eigenvalue weighted by Gasteiger charge is 2.18. The molecule has 1 N–H and O–H groups in total. The predicted octanol–water partition coefficient (Wildman–Crippen LogP) is 3.31. The van der Waals surface area contributed by atoms with E-state index < -0.39 is 17.8 Å². The first-order valence-corrected chi connectivity index (χ1v) is 11.5. The largest absolute Gasteiger partial charge is 0.485 e. The summed E-state index contributed by atoms with van der Waals surface area (Å²) in [7, 11) is 4.26. The van der Waals surface area contributed by atoms with Gasteiger partial charge in [-0.3, -0.25) is 4.79 Å². The van der Waals surface area contributed by atoms with Crippen molar-refractivity contribution in [3.05, 3.63) is 64.5 Å². The van der Waals surface area contributed by atoms with E-state index in [4.69, 9.17) is 14.2 Å². The van der Waals surface area contributed by atoms with Gasteiger partial charge in [0.15, 0.2) is 11.0 Å². The number of amides is 1. The van der Waals surface area contributed by atoms with Crippen LogP contribution in [0.2, 0.25) is 0 Å². The number of nitrogens with zero attached hydrogens (tertiary/aromatic N) is 3. The van der Waals surface area contributed by atoms with Crippen molar-refractivity contribution < 1.29 is 28.6 Å². The average Bonchev–Trinajstić information content (AvgIpc) is 3.21. The van der Waals surface area contributed by atoms with E-state index in [1.807, 2.05) is 32.0 Å². The first-order chi connectivity index (χ1) is 16.7. The number of ether oxygens (including phenoxy) is 3. The maximum absolute atomic E-state index is 12.6. The Bertz CT molecular complexity index is 1260. The summed E-state index contributed by atoms with van der Waals surface area (Å²) in [4.78, 5) is 36.5. The minimum absolute atomic E-state index is 0.00706. The fraction of sp³-hybridized carbons (Fsp3) is 0.292. The minimum Gasteiger partial charge on any atom is -0.485 e.